The minimum absolute atomic E-state index is 0.0876. The molecule has 0 aliphatic rings. The van der Waals surface area contributed by atoms with Crippen molar-refractivity contribution in [2.75, 3.05) is 24.0 Å². The van der Waals surface area contributed by atoms with Gasteiger partial charge in [0.2, 0.25) is 5.13 Å². The summed E-state index contributed by atoms with van der Waals surface area (Å²) < 4.78 is 26.9. The Labute approximate surface area is 113 Å². The first-order chi connectivity index (χ1) is 8.00. The molecular formula is C11H21N3O2S2. The Morgan fingerprint density at radius 2 is 1.94 bits per heavy atom. The second-order valence-electron chi connectivity index (χ2n) is 5.70. The normalized spacial score (nSPS) is 14.6. The molecule has 5 nitrogen and oxygen atoms in total. The molecule has 0 saturated heterocycles. The first kappa shape index (κ1) is 15.4. The van der Waals surface area contributed by atoms with Gasteiger partial charge in [-0.1, -0.05) is 20.8 Å². The van der Waals surface area contributed by atoms with Crippen molar-refractivity contribution in [3.8, 4) is 0 Å². The molecule has 104 valence electrons. The molecule has 1 atom stereocenters. The lowest BCUT2D eigenvalue weighted by Crippen LogP contribution is -2.34. The molecule has 1 aromatic rings. The van der Waals surface area contributed by atoms with Crippen LogP contribution in [0.3, 0.4) is 0 Å². The van der Waals surface area contributed by atoms with Gasteiger partial charge < -0.3 is 4.90 Å². The van der Waals surface area contributed by atoms with Gasteiger partial charge in [0, 0.05) is 36.3 Å². The zero-order valence-corrected chi connectivity index (χ0v) is 13.4. The first-order valence-corrected chi connectivity index (χ1v) is 8.59. The third kappa shape index (κ3) is 4.20. The summed E-state index contributed by atoms with van der Waals surface area (Å²) in [6, 6.07) is -0.110. The minimum Gasteiger partial charge on any atom is -0.346 e. The molecule has 1 aromatic heterocycles. The summed E-state index contributed by atoms with van der Waals surface area (Å²) in [5.74, 6) is 0.911. The molecule has 0 spiro atoms. The van der Waals surface area contributed by atoms with Crippen molar-refractivity contribution in [3.05, 3.63) is 5.82 Å². The molecule has 18 heavy (non-hydrogen) atoms. The van der Waals surface area contributed by atoms with Crippen molar-refractivity contribution in [2.45, 2.75) is 39.2 Å². The van der Waals surface area contributed by atoms with E-state index in [4.69, 9.17) is 0 Å². The van der Waals surface area contributed by atoms with Crippen LogP contribution >= 0.6 is 11.5 Å². The van der Waals surface area contributed by atoms with Gasteiger partial charge in [0.25, 0.3) is 0 Å². The zero-order chi connectivity index (χ0) is 14.1. The first-order valence-electron chi connectivity index (χ1n) is 5.75. The van der Waals surface area contributed by atoms with E-state index in [0.29, 0.717) is 0 Å². The van der Waals surface area contributed by atoms with Crippen LogP contribution in [-0.4, -0.2) is 42.9 Å². The Balaban J connectivity index is 2.85. The Morgan fingerprint density at radius 3 is 2.33 bits per heavy atom. The van der Waals surface area contributed by atoms with Crippen molar-refractivity contribution in [3.63, 3.8) is 0 Å². The van der Waals surface area contributed by atoms with E-state index in [9.17, 15) is 8.42 Å². The van der Waals surface area contributed by atoms with Crippen molar-refractivity contribution in [1.29, 1.82) is 0 Å². The molecule has 0 aliphatic heterocycles. The largest absolute Gasteiger partial charge is 0.346 e. The van der Waals surface area contributed by atoms with Gasteiger partial charge in [0.1, 0.15) is 15.7 Å². The van der Waals surface area contributed by atoms with Gasteiger partial charge in [-0.3, -0.25) is 0 Å². The summed E-state index contributed by atoms with van der Waals surface area (Å²) in [5, 5.41) is 0.760. The lowest BCUT2D eigenvalue weighted by Gasteiger charge is -2.23. The molecule has 0 radical (unpaired) electrons. The minimum atomic E-state index is -2.98. The highest BCUT2D eigenvalue weighted by Crippen LogP contribution is 2.25. The highest BCUT2D eigenvalue weighted by atomic mass is 32.2. The number of hydrogen-bond acceptors (Lipinski definition) is 6. The standard InChI is InChI=1S/C11H21N3O2S2/c1-8(7-18(6,15)16)14(5)10-12-9(13-17-10)11(2,3)4/h8H,7H2,1-6H3. The Bertz CT molecular complexity index is 503. The molecule has 1 unspecified atom stereocenters. The van der Waals surface area contributed by atoms with E-state index in [1.807, 2.05) is 18.9 Å². The average molecular weight is 291 g/mol. The van der Waals surface area contributed by atoms with E-state index in [-0.39, 0.29) is 17.2 Å². The van der Waals surface area contributed by atoms with Crippen LogP contribution in [0.4, 0.5) is 5.13 Å². The lowest BCUT2D eigenvalue weighted by atomic mass is 9.96. The van der Waals surface area contributed by atoms with Crippen LogP contribution in [0, 0.1) is 0 Å². The van der Waals surface area contributed by atoms with E-state index in [1.165, 1.54) is 17.8 Å². The van der Waals surface area contributed by atoms with Crippen LogP contribution in [0.25, 0.3) is 0 Å². The molecule has 0 saturated carbocycles. The van der Waals surface area contributed by atoms with Gasteiger partial charge in [-0.25, -0.2) is 13.4 Å². The SMILES string of the molecule is CC(CS(C)(=O)=O)N(C)c1nc(C(C)(C)C)ns1. The molecule has 0 bridgehead atoms. The number of aromatic nitrogens is 2. The van der Waals surface area contributed by atoms with Crippen LogP contribution in [-0.2, 0) is 15.3 Å². The number of hydrogen-bond donors (Lipinski definition) is 0. The van der Waals surface area contributed by atoms with Gasteiger partial charge in [-0.05, 0) is 6.92 Å². The third-order valence-electron chi connectivity index (χ3n) is 2.59. The molecule has 1 rings (SSSR count). The van der Waals surface area contributed by atoms with E-state index < -0.39 is 9.84 Å². The predicted octanol–water partition coefficient (Wildman–Crippen LogP) is 1.70. The molecule has 1 heterocycles. The predicted molar refractivity (Wildman–Crippen MR) is 76.2 cm³/mol. The van der Waals surface area contributed by atoms with E-state index in [1.54, 1.807) is 0 Å². The van der Waals surface area contributed by atoms with Crippen molar-refractivity contribution >= 4 is 26.5 Å². The maximum Gasteiger partial charge on any atom is 0.205 e. The Kier molecular flexibility index (Phi) is 4.38. The summed E-state index contributed by atoms with van der Waals surface area (Å²) >= 11 is 1.31. The Morgan fingerprint density at radius 1 is 1.39 bits per heavy atom. The van der Waals surface area contributed by atoms with Gasteiger partial charge >= 0.3 is 0 Å². The number of nitrogens with zero attached hydrogens (tertiary/aromatic N) is 3. The van der Waals surface area contributed by atoms with Crippen LogP contribution in [0.1, 0.15) is 33.5 Å². The maximum absolute atomic E-state index is 11.3. The van der Waals surface area contributed by atoms with Gasteiger partial charge in [-0.2, -0.15) is 4.37 Å². The fourth-order valence-corrected chi connectivity index (χ4v) is 3.42. The maximum atomic E-state index is 11.3. The summed E-state index contributed by atoms with van der Waals surface area (Å²) in [6.07, 6.45) is 1.25. The topological polar surface area (TPSA) is 63.2 Å². The quantitative estimate of drug-likeness (QED) is 0.845. The highest BCUT2D eigenvalue weighted by molar-refractivity contribution is 7.90. The fourth-order valence-electron chi connectivity index (χ4n) is 1.40. The van der Waals surface area contributed by atoms with Crippen molar-refractivity contribution in [1.82, 2.24) is 9.36 Å². The van der Waals surface area contributed by atoms with Gasteiger partial charge in [-0.15, -0.1) is 0 Å². The van der Waals surface area contributed by atoms with Gasteiger partial charge in [0.15, 0.2) is 0 Å². The fraction of sp³-hybridized carbons (Fsp3) is 0.818. The smallest absolute Gasteiger partial charge is 0.205 e. The number of rotatable bonds is 4. The third-order valence-corrected chi connectivity index (χ3v) is 4.49. The number of sulfone groups is 1. The van der Waals surface area contributed by atoms with E-state index in [0.717, 1.165) is 11.0 Å². The second kappa shape index (κ2) is 5.13. The lowest BCUT2D eigenvalue weighted by molar-refractivity contribution is 0.553. The molecule has 0 aliphatic carbocycles. The molecule has 0 fully saturated rings. The molecule has 0 N–H and O–H groups in total. The van der Waals surface area contributed by atoms with E-state index in [2.05, 4.69) is 30.1 Å². The molecule has 0 aromatic carbocycles. The van der Waals surface area contributed by atoms with Crippen LogP contribution in [0.5, 0.6) is 0 Å². The summed E-state index contributed by atoms with van der Waals surface area (Å²) in [7, 11) is -1.13. The molecule has 7 heteroatoms. The van der Waals surface area contributed by atoms with E-state index >= 15 is 0 Å². The van der Waals surface area contributed by atoms with Crippen molar-refractivity contribution < 1.29 is 8.42 Å². The Hall–Kier alpha value is -0.690. The highest BCUT2D eigenvalue weighted by Gasteiger charge is 2.23. The monoisotopic (exact) mass is 291 g/mol. The van der Waals surface area contributed by atoms with Gasteiger partial charge in [0.05, 0.1) is 5.75 Å². The van der Waals surface area contributed by atoms with Crippen LogP contribution in [0.15, 0.2) is 0 Å². The second-order valence-corrected chi connectivity index (χ2v) is 8.62. The van der Waals surface area contributed by atoms with Crippen LogP contribution in [0.2, 0.25) is 0 Å². The molecular weight excluding hydrogens is 270 g/mol. The van der Waals surface area contributed by atoms with Crippen molar-refractivity contribution in [2.24, 2.45) is 0 Å². The van der Waals surface area contributed by atoms with Crippen LogP contribution < -0.4 is 4.90 Å². The zero-order valence-electron chi connectivity index (χ0n) is 11.8. The molecule has 0 amide bonds. The summed E-state index contributed by atoms with van der Waals surface area (Å²) in [6.45, 7) is 8.04. The summed E-state index contributed by atoms with van der Waals surface area (Å²) in [4.78, 5) is 6.34. The number of anilines is 1. The summed E-state index contributed by atoms with van der Waals surface area (Å²) in [5.41, 5.74) is -0.0876. The average Bonchev–Trinajstić information content (AvgIpc) is 2.61.